The Morgan fingerprint density at radius 3 is 2.42 bits per heavy atom. The van der Waals surface area contributed by atoms with Gasteiger partial charge in [-0.2, -0.15) is 5.10 Å². The SMILES string of the molecule is COc1ccc(-n2nc(C(C)C)nc2CCN2CCCCC2)cc1. The van der Waals surface area contributed by atoms with Crippen LogP contribution in [0.4, 0.5) is 0 Å². The van der Waals surface area contributed by atoms with Crippen LogP contribution in [0, 0.1) is 0 Å². The van der Waals surface area contributed by atoms with Gasteiger partial charge in [-0.25, -0.2) is 9.67 Å². The van der Waals surface area contributed by atoms with Crippen molar-refractivity contribution in [2.24, 2.45) is 0 Å². The van der Waals surface area contributed by atoms with Crippen LogP contribution >= 0.6 is 0 Å². The molecule has 5 nitrogen and oxygen atoms in total. The summed E-state index contributed by atoms with van der Waals surface area (Å²) in [5.74, 6) is 3.16. The van der Waals surface area contributed by atoms with E-state index in [-0.39, 0.29) is 0 Å². The lowest BCUT2D eigenvalue weighted by Crippen LogP contribution is -2.32. The van der Waals surface area contributed by atoms with E-state index in [2.05, 4.69) is 18.7 Å². The first-order chi connectivity index (χ1) is 11.7. The van der Waals surface area contributed by atoms with Crippen molar-refractivity contribution in [1.29, 1.82) is 0 Å². The fourth-order valence-corrected chi connectivity index (χ4v) is 3.14. The predicted octanol–water partition coefficient (Wildman–Crippen LogP) is 3.43. The van der Waals surface area contributed by atoms with Crippen LogP contribution in [0.2, 0.25) is 0 Å². The summed E-state index contributed by atoms with van der Waals surface area (Å²) in [5, 5.41) is 4.75. The van der Waals surface area contributed by atoms with Crippen LogP contribution in [0.3, 0.4) is 0 Å². The Bertz CT molecular complexity index is 642. The van der Waals surface area contributed by atoms with E-state index in [9.17, 15) is 0 Å². The molecule has 2 aromatic rings. The first-order valence-corrected chi connectivity index (χ1v) is 9.00. The highest BCUT2D eigenvalue weighted by Crippen LogP contribution is 2.19. The number of piperidine rings is 1. The van der Waals surface area contributed by atoms with Crippen LogP contribution in [-0.2, 0) is 6.42 Å². The summed E-state index contributed by atoms with van der Waals surface area (Å²) in [7, 11) is 1.69. The molecular formula is C19H28N4O. The zero-order chi connectivity index (χ0) is 16.9. The molecule has 0 N–H and O–H groups in total. The standard InChI is InChI=1S/C19H28N4O/c1-15(2)19-20-18(11-14-22-12-5-4-6-13-22)23(21-19)16-7-9-17(24-3)10-8-16/h7-10,15H,4-6,11-14H2,1-3H3. The van der Waals surface area contributed by atoms with Gasteiger partial charge in [0.25, 0.3) is 0 Å². The lowest BCUT2D eigenvalue weighted by molar-refractivity contribution is 0.230. The van der Waals surface area contributed by atoms with E-state index < -0.39 is 0 Å². The smallest absolute Gasteiger partial charge is 0.153 e. The molecule has 0 unspecified atom stereocenters. The third-order valence-corrected chi connectivity index (χ3v) is 4.62. The number of aromatic nitrogens is 3. The molecule has 3 rings (SSSR count). The van der Waals surface area contributed by atoms with Crippen molar-refractivity contribution < 1.29 is 4.74 Å². The molecule has 0 spiro atoms. The molecule has 0 amide bonds. The maximum Gasteiger partial charge on any atom is 0.153 e. The van der Waals surface area contributed by atoms with E-state index in [1.807, 2.05) is 28.9 Å². The number of rotatable bonds is 6. The van der Waals surface area contributed by atoms with E-state index in [4.69, 9.17) is 14.8 Å². The fraction of sp³-hybridized carbons (Fsp3) is 0.579. The monoisotopic (exact) mass is 328 g/mol. The maximum absolute atomic E-state index is 5.25. The highest BCUT2D eigenvalue weighted by Gasteiger charge is 2.16. The minimum absolute atomic E-state index is 0.332. The van der Waals surface area contributed by atoms with Crippen LogP contribution in [0.15, 0.2) is 24.3 Å². The number of methoxy groups -OCH3 is 1. The Morgan fingerprint density at radius 1 is 1.08 bits per heavy atom. The Balaban J connectivity index is 1.80. The molecule has 0 aliphatic carbocycles. The van der Waals surface area contributed by atoms with Gasteiger partial charge in [0.05, 0.1) is 12.8 Å². The maximum atomic E-state index is 5.25. The minimum Gasteiger partial charge on any atom is -0.497 e. The number of ether oxygens (including phenoxy) is 1. The first-order valence-electron chi connectivity index (χ1n) is 9.00. The average Bonchev–Trinajstić information content (AvgIpc) is 3.05. The van der Waals surface area contributed by atoms with Gasteiger partial charge in [-0.3, -0.25) is 0 Å². The second-order valence-electron chi connectivity index (χ2n) is 6.80. The number of nitrogens with zero attached hydrogens (tertiary/aromatic N) is 4. The normalized spacial score (nSPS) is 15.8. The van der Waals surface area contributed by atoms with Gasteiger partial charge in [-0.15, -0.1) is 0 Å². The largest absolute Gasteiger partial charge is 0.497 e. The topological polar surface area (TPSA) is 43.2 Å². The molecule has 0 radical (unpaired) electrons. The summed E-state index contributed by atoms with van der Waals surface area (Å²) < 4.78 is 7.25. The molecular weight excluding hydrogens is 300 g/mol. The zero-order valence-corrected chi connectivity index (χ0v) is 15.0. The second kappa shape index (κ2) is 7.79. The van der Waals surface area contributed by atoms with Crippen molar-refractivity contribution in [2.45, 2.75) is 45.4 Å². The predicted molar refractivity (Wildman–Crippen MR) is 96.0 cm³/mol. The summed E-state index contributed by atoms with van der Waals surface area (Å²) in [5.41, 5.74) is 1.05. The third-order valence-electron chi connectivity index (χ3n) is 4.62. The van der Waals surface area contributed by atoms with Gasteiger partial charge in [0.2, 0.25) is 0 Å². The van der Waals surface area contributed by atoms with Crippen LogP contribution in [0.5, 0.6) is 5.75 Å². The van der Waals surface area contributed by atoms with E-state index in [1.54, 1.807) is 7.11 Å². The molecule has 1 aliphatic heterocycles. The summed E-state index contributed by atoms with van der Waals surface area (Å²) in [6.45, 7) is 7.78. The molecule has 1 saturated heterocycles. The van der Waals surface area contributed by atoms with E-state index in [0.717, 1.165) is 36.1 Å². The summed E-state index contributed by atoms with van der Waals surface area (Å²) in [6, 6.07) is 8.03. The van der Waals surface area contributed by atoms with Crippen molar-refractivity contribution in [3.05, 3.63) is 35.9 Å². The number of likely N-dealkylation sites (tertiary alicyclic amines) is 1. The number of hydrogen-bond donors (Lipinski definition) is 0. The summed E-state index contributed by atoms with van der Waals surface area (Å²) >= 11 is 0. The van der Waals surface area contributed by atoms with Crippen molar-refractivity contribution in [2.75, 3.05) is 26.7 Å². The molecule has 0 atom stereocenters. The van der Waals surface area contributed by atoms with Crippen molar-refractivity contribution in [3.8, 4) is 11.4 Å². The molecule has 1 aliphatic rings. The van der Waals surface area contributed by atoms with Crippen LogP contribution in [0.1, 0.15) is 50.7 Å². The molecule has 24 heavy (non-hydrogen) atoms. The Kier molecular flexibility index (Phi) is 5.51. The molecule has 1 fully saturated rings. The van der Waals surface area contributed by atoms with Gasteiger partial charge in [0, 0.05) is 18.9 Å². The van der Waals surface area contributed by atoms with Crippen LogP contribution < -0.4 is 4.74 Å². The molecule has 0 saturated carbocycles. The van der Waals surface area contributed by atoms with Gasteiger partial charge in [0.15, 0.2) is 5.82 Å². The van der Waals surface area contributed by atoms with Gasteiger partial charge < -0.3 is 9.64 Å². The Morgan fingerprint density at radius 2 is 1.79 bits per heavy atom. The highest BCUT2D eigenvalue weighted by atomic mass is 16.5. The molecule has 2 heterocycles. The summed E-state index contributed by atoms with van der Waals surface area (Å²) in [6.07, 6.45) is 4.95. The van der Waals surface area contributed by atoms with Crippen molar-refractivity contribution >= 4 is 0 Å². The van der Waals surface area contributed by atoms with Gasteiger partial charge in [-0.05, 0) is 50.2 Å². The van der Waals surface area contributed by atoms with Crippen molar-refractivity contribution in [1.82, 2.24) is 19.7 Å². The zero-order valence-electron chi connectivity index (χ0n) is 15.0. The minimum atomic E-state index is 0.332. The second-order valence-corrected chi connectivity index (χ2v) is 6.80. The molecule has 1 aromatic heterocycles. The quantitative estimate of drug-likeness (QED) is 0.815. The number of benzene rings is 1. The van der Waals surface area contributed by atoms with Gasteiger partial charge >= 0.3 is 0 Å². The molecule has 5 heteroatoms. The van der Waals surface area contributed by atoms with Crippen LogP contribution in [-0.4, -0.2) is 46.4 Å². The van der Waals surface area contributed by atoms with E-state index >= 15 is 0 Å². The lowest BCUT2D eigenvalue weighted by Gasteiger charge is -2.26. The van der Waals surface area contributed by atoms with E-state index in [0.29, 0.717) is 5.92 Å². The Labute approximate surface area is 144 Å². The summed E-state index contributed by atoms with van der Waals surface area (Å²) in [4.78, 5) is 7.35. The average molecular weight is 328 g/mol. The molecule has 0 bridgehead atoms. The first kappa shape index (κ1) is 17.0. The Hall–Kier alpha value is -1.88. The lowest BCUT2D eigenvalue weighted by atomic mass is 10.1. The highest BCUT2D eigenvalue weighted by molar-refractivity contribution is 5.37. The third kappa shape index (κ3) is 3.96. The van der Waals surface area contributed by atoms with Gasteiger partial charge in [-0.1, -0.05) is 20.3 Å². The fourth-order valence-electron chi connectivity index (χ4n) is 3.14. The van der Waals surface area contributed by atoms with Crippen molar-refractivity contribution in [3.63, 3.8) is 0 Å². The van der Waals surface area contributed by atoms with Crippen LogP contribution in [0.25, 0.3) is 5.69 Å². The molecule has 1 aromatic carbocycles. The molecule has 130 valence electrons. The van der Waals surface area contributed by atoms with Gasteiger partial charge in [0.1, 0.15) is 11.6 Å². The number of hydrogen-bond acceptors (Lipinski definition) is 4. The van der Waals surface area contributed by atoms with E-state index in [1.165, 1.54) is 32.4 Å².